The molecule has 1 fully saturated rings. The molecule has 1 aliphatic carbocycles. The van der Waals surface area contributed by atoms with Gasteiger partial charge in [0.2, 0.25) is 0 Å². The number of pyridine rings is 1. The fourth-order valence-electron chi connectivity index (χ4n) is 5.31. The van der Waals surface area contributed by atoms with Gasteiger partial charge in [-0.2, -0.15) is 0 Å². The number of unbranched alkanes of at least 4 members (excludes halogenated alkanes) is 1. The lowest BCUT2D eigenvalue weighted by Gasteiger charge is -2.22. The summed E-state index contributed by atoms with van der Waals surface area (Å²) in [5.41, 5.74) is 5.80. The maximum Gasteiger partial charge on any atom is 0.333 e. The molecule has 3 aromatic heterocycles. The minimum Gasteiger partial charge on any atom is -0.296 e. The fraction of sp³-hybridized carbons (Fsp3) is 0.444. The van der Waals surface area contributed by atoms with Crippen molar-refractivity contribution in [1.82, 2.24) is 34.7 Å². The summed E-state index contributed by atoms with van der Waals surface area (Å²) in [5, 5.41) is 14.3. The molecule has 0 amide bonds. The molecule has 1 aromatic carbocycles. The summed E-state index contributed by atoms with van der Waals surface area (Å²) in [6.45, 7) is 5.14. The van der Waals surface area contributed by atoms with Crippen LogP contribution in [0.2, 0.25) is 0 Å². The Morgan fingerprint density at radius 2 is 1.89 bits per heavy atom. The molecule has 1 saturated carbocycles. The maximum atomic E-state index is 13.7. The van der Waals surface area contributed by atoms with Crippen LogP contribution in [0.25, 0.3) is 28.3 Å². The Kier molecular flexibility index (Phi) is 6.88. The predicted octanol–water partition coefficient (Wildman–Crippen LogP) is 5.11. The average molecular weight is 472 g/mol. The van der Waals surface area contributed by atoms with Crippen molar-refractivity contribution < 1.29 is 0 Å². The molecular formula is C27H33N7O. The van der Waals surface area contributed by atoms with Gasteiger partial charge in [0.05, 0.1) is 11.4 Å². The van der Waals surface area contributed by atoms with Gasteiger partial charge in [-0.3, -0.25) is 14.1 Å². The highest BCUT2D eigenvalue weighted by Crippen LogP contribution is 2.29. The first-order valence-electron chi connectivity index (χ1n) is 12.8. The number of aromatic amines is 1. The van der Waals surface area contributed by atoms with Gasteiger partial charge in [0, 0.05) is 35.3 Å². The zero-order valence-electron chi connectivity index (χ0n) is 20.6. The van der Waals surface area contributed by atoms with E-state index in [9.17, 15) is 4.79 Å². The zero-order valence-corrected chi connectivity index (χ0v) is 20.6. The minimum absolute atomic E-state index is 0.0817. The maximum absolute atomic E-state index is 13.7. The monoisotopic (exact) mass is 471 g/mol. The summed E-state index contributed by atoms with van der Waals surface area (Å²) in [5.74, 6) is 1.18. The van der Waals surface area contributed by atoms with Crippen LogP contribution in [0, 0.1) is 12.8 Å². The van der Waals surface area contributed by atoms with E-state index in [0.29, 0.717) is 11.7 Å². The van der Waals surface area contributed by atoms with Crippen molar-refractivity contribution in [3.05, 3.63) is 64.5 Å². The van der Waals surface area contributed by atoms with Gasteiger partial charge >= 0.3 is 5.69 Å². The minimum atomic E-state index is 0.0817. The number of benzene rings is 1. The summed E-state index contributed by atoms with van der Waals surface area (Å²) < 4.78 is 3.96. The van der Waals surface area contributed by atoms with Gasteiger partial charge in [-0.25, -0.2) is 9.89 Å². The molecule has 182 valence electrons. The molecule has 8 heteroatoms. The molecule has 0 atom stereocenters. The Morgan fingerprint density at radius 1 is 1.09 bits per heavy atom. The van der Waals surface area contributed by atoms with Gasteiger partial charge in [-0.05, 0) is 73.2 Å². The van der Waals surface area contributed by atoms with Crippen LogP contribution < -0.4 is 5.69 Å². The van der Waals surface area contributed by atoms with Crippen molar-refractivity contribution >= 4 is 0 Å². The third kappa shape index (κ3) is 4.70. The number of hydrogen-bond acceptors (Lipinski definition) is 5. The van der Waals surface area contributed by atoms with E-state index in [1.54, 1.807) is 6.20 Å². The van der Waals surface area contributed by atoms with Crippen LogP contribution in [-0.4, -0.2) is 34.7 Å². The molecule has 8 nitrogen and oxygen atoms in total. The lowest BCUT2D eigenvalue weighted by molar-refractivity contribution is 0.314. The van der Waals surface area contributed by atoms with Gasteiger partial charge < -0.3 is 0 Å². The van der Waals surface area contributed by atoms with E-state index in [0.717, 1.165) is 59.7 Å². The number of H-pyrrole nitrogens is 1. The molecule has 0 bridgehead atoms. The van der Waals surface area contributed by atoms with Crippen LogP contribution >= 0.6 is 0 Å². The fourth-order valence-corrected chi connectivity index (χ4v) is 5.31. The zero-order chi connectivity index (χ0) is 24.2. The highest BCUT2D eigenvalue weighted by Gasteiger charge is 2.22. The number of aromatic nitrogens is 7. The predicted molar refractivity (Wildman–Crippen MR) is 136 cm³/mol. The summed E-state index contributed by atoms with van der Waals surface area (Å²) in [7, 11) is 0. The van der Waals surface area contributed by atoms with Gasteiger partial charge in [0.15, 0.2) is 5.82 Å². The standard InChI is InChI=1S/C27H33N7O/c1-3-4-12-24-19(2)33(18-20-9-6-5-7-10-20)27(35)34(24)22-15-13-21(14-16-22)25-23(11-8-17-28-25)26-29-31-32-30-26/h8,11,13-17,20H,3-7,9-10,12,18H2,1-2H3,(H,29,30,31,32). The normalized spacial score (nSPS) is 14.5. The average Bonchev–Trinajstić information content (AvgIpc) is 3.52. The van der Waals surface area contributed by atoms with Gasteiger partial charge in [0.25, 0.3) is 0 Å². The number of nitrogens with zero attached hydrogens (tertiary/aromatic N) is 6. The van der Waals surface area contributed by atoms with Crippen LogP contribution in [0.4, 0.5) is 0 Å². The molecule has 0 aliphatic heterocycles. The van der Waals surface area contributed by atoms with Crippen LogP contribution in [0.5, 0.6) is 0 Å². The summed E-state index contributed by atoms with van der Waals surface area (Å²) in [6, 6.07) is 11.9. The second kappa shape index (κ2) is 10.4. The van der Waals surface area contributed by atoms with E-state index < -0.39 is 0 Å². The van der Waals surface area contributed by atoms with E-state index >= 15 is 0 Å². The molecule has 3 heterocycles. The summed E-state index contributed by atoms with van der Waals surface area (Å²) in [4.78, 5) is 18.3. The highest BCUT2D eigenvalue weighted by atomic mass is 16.1. The SMILES string of the molecule is CCCCc1c(C)n(CC2CCCCC2)c(=O)n1-c1ccc(-c2ncccc2-c2nnn[nH]2)cc1. The van der Waals surface area contributed by atoms with E-state index in [1.165, 1.54) is 32.1 Å². The largest absolute Gasteiger partial charge is 0.333 e. The molecule has 4 aromatic rings. The first-order chi connectivity index (χ1) is 17.2. The second-order valence-corrected chi connectivity index (χ2v) is 9.56. The lowest BCUT2D eigenvalue weighted by Crippen LogP contribution is -2.27. The Morgan fingerprint density at radius 3 is 2.60 bits per heavy atom. The molecule has 0 unspecified atom stereocenters. The molecule has 0 radical (unpaired) electrons. The van der Waals surface area contributed by atoms with Crippen molar-refractivity contribution in [1.29, 1.82) is 0 Å². The first-order valence-corrected chi connectivity index (χ1v) is 12.8. The molecule has 5 rings (SSSR count). The van der Waals surface area contributed by atoms with Gasteiger partial charge in [0.1, 0.15) is 0 Å². The number of rotatable bonds is 8. The van der Waals surface area contributed by atoms with Crippen LogP contribution in [0.3, 0.4) is 0 Å². The Hall–Kier alpha value is -3.55. The van der Waals surface area contributed by atoms with Gasteiger partial charge in [-0.15, -0.1) is 5.10 Å². The smallest absolute Gasteiger partial charge is 0.296 e. The molecular weight excluding hydrogens is 438 g/mol. The number of imidazole rings is 1. The van der Waals surface area contributed by atoms with E-state index in [4.69, 9.17) is 0 Å². The summed E-state index contributed by atoms with van der Waals surface area (Å²) >= 11 is 0. The van der Waals surface area contributed by atoms with E-state index in [2.05, 4.69) is 39.5 Å². The first kappa shape index (κ1) is 23.2. The Labute approximate surface area is 205 Å². The second-order valence-electron chi connectivity index (χ2n) is 9.56. The van der Waals surface area contributed by atoms with Crippen molar-refractivity contribution in [3.63, 3.8) is 0 Å². The molecule has 0 spiro atoms. The molecule has 1 aliphatic rings. The van der Waals surface area contributed by atoms with Crippen LogP contribution in [0.1, 0.15) is 63.3 Å². The van der Waals surface area contributed by atoms with Crippen LogP contribution in [0.15, 0.2) is 47.4 Å². The summed E-state index contributed by atoms with van der Waals surface area (Å²) in [6.07, 6.45) is 11.2. The Bertz CT molecular complexity index is 1310. The lowest BCUT2D eigenvalue weighted by atomic mass is 9.89. The van der Waals surface area contributed by atoms with E-state index in [1.807, 2.05) is 45.5 Å². The molecule has 35 heavy (non-hydrogen) atoms. The van der Waals surface area contributed by atoms with Crippen LogP contribution in [-0.2, 0) is 13.0 Å². The van der Waals surface area contributed by atoms with Gasteiger partial charge in [-0.1, -0.05) is 44.7 Å². The van der Waals surface area contributed by atoms with Crippen molar-refractivity contribution in [2.45, 2.75) is 71.8 Å². The number of hydrogen-bond donors (Lipinski definition) is 1. The molecule has 0 saturated heterocycles. The van der Waals surface area contributed by atoms with Crippen molar-refractivity contribution in [3.8, 4) is 28.3 Å². The van der Waals surface area contributed by atoms with Crippen molar-refractivity contribution in [2.75, 3.05) is 0 Å². The number of nitrogens with one attached hydrogen (secondary N) is 1. The quantitative estimate of drug-likeness (QED) is 0.385. The topological polar surface area (TPSA) is 94.3 Å². The highest BCUT2D eigenvalue weighted by molar-refractivity contribution is 5.77. The van der Waals surface area contributed by atoms with E-state index in [-0.39, 0.29) is 5.69 Å². The molecule has 1 N–H and O–H groups in total. The van der Waals surface area contributed by atoms with Crippen molar-refractivity contribution in [2.24, 2.45) is 5.92 Å². The third-order valence-corrected chi connectivity index (χ3v) is 7.25. The third-order valence-electron chi connectivity index (χ3n) is 7.25. The Balaban J connectivity index is 1.51. The number of tetrazole rings is 1.